The second-order valence-electron chi connectivity index (χ2n) is 6.11. The van der Waals surface area contributed by atoms with E-state index in [1.165, 1.54) is 11.1 Å². The monoisotopic (exact) mass is 346 g/mol. The molecule has 0 aliphatic heterocycles. The van der Waals surface area contributed by atoms with E-state index in [1.807, 2.05) is 0 Å². The number of rotatable bonds is 9. The second-order valence-corrected chi connectivity index (χ2v) is 7.85. The minimum atomic E-state index is 0.233. The Morgan fingerprint density at radius 2 is 1.43 bits per heavy atom. The first-order chi connectivity index (χ1) is 11.2. The fourth-order valence-corrected chi connectivity index (χ4v) is 3.91. The Labute approximate surface area is 144 Å². The van der Waals surface area contributed by atoms with Crippen molar-refractivity contribution in [3.63, 3.8) is 0 Å². The molecular weight excluding hydrogens is 318 g/mol. The molecule has 0 amide bonds. The van der Waals surface area contributed by atoms with Gasteiger partial charge in [-0.15, -0.1) is 0 Å². The molecule has 0 spiro atoms. The molecule has 0 heterocycles. The summed E-state index contributed by atoms with van der Waals surface area (Å²) in [4.78, 5) is 0. The molecule has 2 nitrogen and oxygen atoms in total. The Balaban J connectivity index is 1.87. The van der Waals surface area contributed by atoms with Gasteiger partial charge in [-0.3, -0.25) is 4.67 Å². The SMILES string of the molecule is CN(PP)[C@H](CC[C@@H](N)Cc1ccccc1)Cc1ccccc1. The molecule has 0 radical (unpaired) electrons. The zero-order chi connectivity index (χ0) is 16.5. The molecule has 0 bridgehead atoms. The van der Waals surface area contributed by atoms with Crippen molar-refractivity contribution in [3.05, 3.63) is 71.8 Å². The quantitative estimate of drug-likeness (QED) is 0.687. The highest BCUT2D eigenvalue weighted by atomic mass is 32.0. The fraction of sp³-hybridized carbons (Fsp3) is 0.368. The number of likely N-dealkylation sites (N-methyl/N-ethyl adjacent to an activating group) is 1. The minimum absolute atomic E-state index is 0.233. The van der Waals surface area contributed by atoms with E-state index in [4.69, 9.17) is 5.73 Å². The van der Waals surface area contributed by atoms with Crippen LogP contribution in [0.15, 0.2) is 60.7 Å². The van der Waals surface area contributed by atoms with Crippen LogP contribution in [0.4, 0.5) is 0 Å². The lowest BCUT2D eigenvalue weighted by Gasteiger charge is -2.28. The summed E-state index contributed by atoms with van der Waals surface area (Å²) in [5, 5.41) is 0. The van der Waals surface area contributed by atoms with E-state index in [2.05, 4.69) is 81.3 Å². The number of nitrogens with zero attached hydrogens (tertiary/aromatic N) is 1. The maximum absolute atomic E-state index is 6.37. The van der Waals surface area contributed by atoms with E-state index in [1.54, 1.807) is 0 Å². The summed E-state index contributed by atoms with van der Waals surface area (Å²) in [6.07, 6.45) is 4.26. The summed E-state index contributed by atoms with van der Waals surface area (Å²) < 4.78 is 2.44. The lowest BCUT2D eigenvalue weighted by Crippen LogP contribution is -2.30. The standard InChI is InChI=1S/C19H28N2P2/c1-21(23-22)19(15-17-10-6-3-7-11-17)13-12-18(20)14-16-8-4-2-5-9-16/h2-11,18-19,23H,12-15,20,22H2,1H3/t18-,19-/m1/s1. The molecular formula is C19H28N2P2. The van der Waals surface area contributed by atoms with Gasteiger partial charge in [0.25, 0.3) is 0 Å². The van der Waals surface area contributed by atoms with Crippen molar-refractivity contribution in [1.29, 1.82) is 0 Å². The van der Waals surface area contributed by atoms with Crippen LogP contribution in [-0.2, 0) is 12.8 Å². The van der Waals surface area contributed by atoms with Crippen molar-refractivity contribution in [1.82, 2.24) is 4.67 Å². The summed E-state index contributed by atoms with van der Waals surface area (Å²) in [5.41, 5.74) is 9.11. The van der Waals surface area contributed by atoms with Crippen molar-refractivity contribution in [2.45, 2.75) is 37.8 Å². The van der Waals surface area contributed by atoms with Crippen LogP contribution in [0.3, 0.4) is 0 Å². The van der Waals surface area contributed by atoms with Gasteiger partial charge in [-0.1, -0.05) is 69.6 Å². The largest absolute Gasteiger partial charge is 0.327 e. The van der Waals surface area contributed by atoms with Crippen LogP contribution in [0, 0.1) is 0 Å². The molecule has 2 rings (SSSR count). The van der Waals surface area contributed by atoms with Gasteiger partial charge in [0.05, 0.1) is 0 Å². The maximum atomic E-state index is 6.37. The summed E-state index contributed by atoms with van der Waals surface area (Å²) in [7, 11) is 5.82. The van der Waals surface area contributed by atoms with E-state index in [0.717, 1.165) is 34.1 Å². The fourth-order valence-electron chi connectivity index (χ4n) is 2.85. The average Bonchev–Trinajstić information content (AvgIpc) is 2.59. The summed E-state index contributed by atoms with van der Waals surface area (Å²) in [6.45, 7) is 0. The van der Waals surface area contributed by atoms with Gasteiger partial charge >= 0.3 is 0 Å². The minimum Gasteiger partial charge on any atom is -0.327 e. The number of hydrogen-bond acceptors (Lipinski definition) is 2. The molecule has 0 aliphatic carbocycles. The molecule has 2 unspecified atom stereocenters. The molecule has 124 valence electrons. The highest BCUT2D eigenvalue weighted by Crippen LogP contribution is 2.30. The Kier molecular flexibility index (Phi) is 8.20. The first-order valence-corrected chi connectivity index (χ1v) is 11.0. The molecule has 4 atom stereocenters. The normalized spacial score (nSPS) is 14.4. The summed E-state index contributed by atoms with van der Waals surface area (Å²) >= 11 is 0. The Hall–Kier alpha value is -0.780. The van der Waals surface area contributed by atoms with E-state index >= 15 is 0 Å². The molecule has 2 N–H and O–H groups in total. The summed E-state index contributed by atoms with van der Waals surface area (Å²) in [6, 6.07) is 22.1. The van der Waals surface area contributed by atoms with Crippen molar-refractivity contribution >= 4 is 17.3 Å². The highest BCUT2D eigenvalue weighted by molar-refractivity contribution is 8.01. The number of nitrogens with two attached hydrogens (primary N) is 1. The number of hydrogen-bond donors (Lipinski definition) is 1. The van der Waals surface area contributed by atoms with Crippen LogP contribution >= 0.6 is 17.3 Å². The zero-order valence-electron chi connectivity index (χ0n) is 13.9. The molecule has 0 aromatic heterocycles. The lowest BCUT2D eigenvalue weighted by molar-refractivity contribution is 0.357. The first-order valence-electron chi connectivity index (χ1n) is 8.21. The third kappa shape index (κ3) is 6.69. The van der Waals surface area contributed by atoms with Gasteiger partial charge in [0.2, 0.25) is 0 Å². The van der Waals surface area contributed by atoms with Gasteiger partial charge in [-0.2, -0.15) is 0 Å². The average molecular weight is 346 g/mol. The Bertz CT molecular complexity index is 548. The van der Waals surface area contributed by atoms with Crippen LogP contribution in [0.1, 0.15) is 24.0 Å². The number of benzene rings is 2. The summed E-state index contributed by atoms with van der Waals surface area (Å²) in [5.74, 6) is 0. The molecule has 0 saturated heterocycles. The van der Waals surface area contributed by atoms with Crippen LogP contribution in [-0.4, -0.2) is 23.8 Å². The smallest absolute Gasteiger partial charge is 0.0172 e. The van der Waals surface area contributed by atoms with Gasteiger partial charge in [-0.25, -0.2) is 0 Å². The van der Waals surface area contributed by atoms with Crippen LogP contribution in [0.2, 0.25) is 0 Å². The van der Waals surface area contributed by atoms with Crippen molar-refractivity contribution in [2.24, 2.45) is 5.73 Å². The molecule has 0 saturated carbocycles. The molecule has 0 aliphatic rings. The second kappa shape index (κ2) is 10.2. The van der Waals surface area contributed by atoms with Gasteiger partial charge < -0.3 is 5.73 Å². The molecule has 23 heavy (non-hydrogen) atoms. The predicted molar refractivity (Wildman–Crippen MR) is 107 cm³/mol. The van der Waals surface area contributed by atoms with Crippen LogP contribution < -0.4 is 5.73 Å². The third-order valence-electron chi connectivity index (χ3n) is 4.28. The van der Waals surface area contributed by atoms with Gasteiger partial charge in [-0.05, 0) is 52.3 Å². The molecule has 0 fully saturated rings. The van der Waals surface area contributed by atoms with Gasteiger partial charge in [0, 0.05) is 12.1 Å². The Morgan fingerprint density at radius 3 is 1.96 bits per heavy atom. The first kappa shape index (κ1) is 18.6. The van der Waals surface area contributed by atoms with E-state index < -0.39 is 0 Å². The van der Waals surface area contributed by atoms with Gasteiger partial charge in [0.15, 0.2) is 0 Å². The maximum Gasteiger partial charge on any atom is 0.0172 e. The predicted octanol–water partition coefficient (Wildman–Crippen LogP) is 4.26. The molecule has 2 aromatic rings. The van der Waals surface area contributed by atoms with Gasteiger partial charge in [0.1, 0.15) is 0 Å². The van der Waals surface area contributed by atoms with E-state index in [0.29, 0.717) is 6.04 Å². The lowest BCUT2D eigenvalue weighted by atomic mass is 9.97. The molecule has 2 aromatic carbocycles. The third-order valence-corrected chi connectivity index (χ3v) is 6.27. The van der Waals surface area contributed by atoms with Crippen LogP contribution in [0.5, 0.6) is 0 Å². The van der Waals surface area contributed by atoms with Crippen molar-refractivity contribution in [2.75, 3.05) is 7.05 Å². The van der Waals surface area contributed by atoms with E-state index in [9.17, 15) is 0 Å². The highest BCUT2D eigenvalue weighted by Gasteiger charge is 2.16. The topological polar surface area (TPSA) is 29.3 Å². The zero-order valence-corrected chi connectivity index (χ0v) is 16.0. The van der Waals surface area contributed by atoms with Crippen molar-refractivity contribution in [3.8, 4) is 0 Å². The Morgan fingerprint density at radius 1 is 0.913 bits per heavy atom. The van der Waals surface area contributed by atoms with E-state index in [-0.39, 0.29) is 6.04 Å². The van der Waals surface area contributed by atoms with Crippen molar-refractivity contribution < 1.29 is 0 Å². The van der Waals surface area contributed by atoms with Crippen LogP contribution in [0.25, 0.3) is 0 Å². The molecule has 4 heteroatoms.